The zero-order chi connectivity index (χ0) is 20.2. The maximum atomic E-state index is 13.4. The quantitative estimate of drug-likeness (QED) is 0.277. The van der Waals surface area contributed by atoms with Crippen LogP contribution in [-0.4, -0.2) is 42.8 Å². The van der Waals surface area contributed by atoms with Gasteiger partial charge in [-0.2, -0.15) is 0 Å². The molecule has 0 aliphatic carbocycles. The van der Waals surface area contributed by atoms with E-state index < -0.39 is 5.97 Å². The van der Waals surface area contributed by atoms with Gasteiger partial charge in [-0.1, -0.05) is 11.8 Å². The number of ketones is 1. The second-order valence-electron chi connectivity index (χ2n) is 6.46. The Morgan fingerprint density at radius 3 is 2.68 bits per heavy atom. The molecule has 0 amide bonds. The van der Waals surface area contributed by atoms with Crippen LogP contribution in [0.25, 0.3) is 21.8 Å². The minimum absolute atomic E-state index is 0.0303. The van der Waals surface area contributed by atoms with Crippen LogP contribution in [0, 0.1) is 0 Å². The summed E-state index contributed by atoms with van der Waals surface area (Å²) in [5, 5.41) is 21.2. The molecule has 0 bridgehead atoms. The van der Waals surface area contributed by atoms with Crippen LogP contribution < -0.4 is 4.57 Å². The Morgan fingerprint density at radius 1 is 1.25 bits per heavy atom. The minimum atomic E-state index is -1.23. The van der Waals surface area contributed by atoms with Crippen LogP contribution in [0.2, 0.25) is 0 Å². The number of carbonyl (C=O) groups excluding carboxylic acids is 1. The topological polar surface area (TPSA) is 112 Å². The molecule has 0 saturated heterocycles. The van der Waals surface area contributed by atoms with Crippen molar-refractivity contribution in [3.63, 3.8) is 0 Å². The van der Waals surface area contributed by atoms with Crippen LogP contribution >= 0.6 is 11.8 Å². The monoisotopic (exact) mass is 397 g/mol. The van der Waals surface area contributed by atoms with E-state index in [1.165, 1.54) is 30.0 Å². The van der Waals surface area contributed by atoms with Crippen molar-refractivity contribution >= 4 is 45.3 Å². The molecule has 0 aliphatic rings. The van der Waals surface area contributed by atoms with Gasteiger partial charge in [-0.3, -0.25) is 4.79 Å². The predicted molar refractivity (Wildman–Crippen MR) is 104 cm³/mol. The molecule has 8 nitrogen and oxygen atoms in total. The molecule has 0 atom stereocenters. The van der Waals surface area contributed by atoms with E-state index in [1.54, 1.807) is 24.0 Å². The van der Waals surface area contributed by atoms with Crippen LogP contribution in [-0.2, 0) is 14.1 Å². The summed E-state index contributed by atoms with van der Waals surface area (Å²) in [5.74, 6) is -1.56. The van der Waals surface area contributed by atoms with Gasteiger partial charge in [0.15, 0.2) is 0 Å². The van der Waals surface area contributed by atoms with E-state index in [0.717, 1.165) is 5.03 Å². The van der Waals surface area contributed by atoms with E-state index in [2.05, 4.69) is 9.97 Å². The van der Waals surface area contributed by atoms with Crippen molar-refractivity contribution in [2.24, 2.45) is 14.1 Å². The lowest BCUT2D eigenvalue weighted by molar-refractivity contribution is -0.707. The summed E-state index contributed by atoms with van der Waals surface area (Å²) in [6, 6.07) is 6.14. The normalized spacial score (nSPS) is 11.4. The van der Waals surface area contributed by atoms with Gasteiger partial charge in [-0.25, -0.2) is 18.9 Å². The van der Waals surface area contributed by atoms with Gasteiger partial charge in [-0.15, -0.1) is 0 Å². The van der Waals surface area contributed by atoms with Gasteiger partial charge in [-0.05, 0) is 30.5 Å². The Bertz CT molecular complexity index is 1290. The number of aromatic hydroxyl groups is 1. The Morgan fingerprint density at radius 2 is 2.00 bits per heavy atom. The molecule has 28 heavy (non-hydrogen) atoms. The van der Waals surface area contributed by atoms with Gasteiger partial charge in [0.2, 0.25) is 17.0 Å². The predicted octanol–water partition coefficient (Wildman–Crippen LogP) is 2.24. The van der Waals surface area contributed by atoms with Gasteiger partial charge < -0.3 is 15.2 Å². The molecular weight excluding hydrogens is 380 g/mol. The molecule has 4 aromatic rings. The van der Waals surface area contributed by atoms with Gasteiger partial charge in [0, 0.05) is 16.3 Å². The lowest BCUT2D eigenvalue weighted by atomic mass is 10.1. The van der Waals surface area contributed by atoms with E-state index >= 15 is 0 Å². The SMILES string of the molecule is CSc1c(C(=O)c2nc(C(=O)O)cc3c2[nH]c2ccc(O)cc23)n(C)c[n+]1C. The number of nitrogens with one attached hydrogen (secondary N) is 1. The number of benzene rings is 1. The molecular formula is C19H17N4O4S+. The number of nitrogens with zero attached hydrogens (tertiary/aromatic N) is 3. The molecule has 1 aromatic carbocycles. The number of aromatic nitrogens is 4. The first-order valence-electron chi connectivity index (χ1n) is 8.34. The van der Waals surface area contributed by atoms with E-state index in [1.807, 2.05) is 17.9 Å². The lowest BCUT2D eigenvalue weighted by Crippen LogP contribution is -2.28. The van der Waals surface area contributed by atoms with Crippen molar-refractivity contribution < 1.29 is 24.4 Å². The van der Waals surface area contributed by atoms with Crippen molar-refractivity contribution in [3.8, 4) is 5.75 Å². The van der Waals surface area contributed by atoms with Gasteiger partial charge in [0.1, 0.15) is 17.1 Å². The number of hydrogen-bond donors (Lipinski definition) is 3. The van der Waals surface area contributed by atoms with E-state index in [0.29, 0.717) is 27.5 Å². The summed E-state index contributed by atoms with van der Waals surface area (Å²) >= 11 is 1.42. The van der Waals surface area contributed by atoms with Crippen LogP contribution in [0.4, 0.5) is 0 Å². The molecule has 3 aromatic heterocycles. The molecule has 3 heterocycles. The van der Waals surface area contributed by atoms with E-state index in [4.69, 9.17) is 0 Å². The summed E-state index contributed by atoms with van der Waals surface area (Å²) in [6.45, 7) is 0. The second-order valence-corrected chi connectivity index (χ2v) is 7.26. The zero-order valence-corrected chi connectivity index (χ0v) is 16.2. The zero-order valence-electron chi connectivity index (χ0n) is 15.3. The number of carboxylic acid groups (broad SMARTS) is 1. The van der Waals surface area contributed by atoms with Gasteiger partial charge in [0.05, 0.1) is 19.6 Å². The van der Waals surface area contributed by atoms with Crippen LogP contribution in [0.15, 0.2) is 35.6 Å². The van der Waals surface area contributed by atoms with Crippen molar-refractivity contribution in [2.45, 2.75) is 5.03 Å². The van der Waals surface area contributed by atoms with Gasteiger partial charge in [0.25, 0.3) is 5.78 Å². The number of aryl methyl sites for hydroxylation is 2. The van der Waals surface area contributed by atoms with E-state index in [-0.39, 0.29) is 22.9 Å². The lowest BCUT2D eigenvalue weighted by Gasteiger charge is -2.04. The van der Waals surface area contributed by atoms with Crippen LogP contribution in [0.1, 0.15) is 26.7 Å². The number of phenolic OH excluding ortho intramolecular Hbond substituents is 1. The molecule has 0 fully saturated rings. The standard InChI is InChI=1S/C19H16N4O4S/c1-22-8-23(2)18(28-3)16(22)17(25)15-14-11(7-13(21-15)19(26)27)10-6-9(24)4-5-12(10)20-14/h4-8H,1-3H3,(H2-,20,21,24,25,26,27)/p+1. The molecule has 0 unspecified atom stereocenters. The number of H-pyrrole nitrogens is 1. The number of aromatic carboxylic acids is 1. The maximum Gasteiger partial charge on any atom is 0.354 e. The number of thioether (sulfide) groups is 1. The van der Waals surface area contributed by atoms with Crippen molar-refractivity contribution in [2.75, 3.05) is 6.26 Å². The molecule has 3 N–H and O–H groups in total. The van der Waals surface area contributed by atoms with Crippen LogP contribution in [0.3, 0.4) is 0 Å². The minimum Gasteiger partial charge on any atom is -0.508 e. The molecule has 142 valence electrons. The Hall–Kier alpha value is -3.33. The number of fused-ring (bicyclic) bond motifs is 3. The number of pyridine rings is 1. The first-order valence-corrected chi connectivity index (χ1v) is 9.56. The van der Waals surface area contributed by atoms with Crippen molar-refractivity contribution in [1.29, 1.82) is 0 Å². The average molecular weight is 397 g/mol. The fraction of sp³-hybridized carbons (Fsp3) is 0.158. The Labute approximate surface area is 163 Å². The molecule has 0 radical (unpaired) electrons. The highest BCUT2D eigenvalue weighted by atomic mass is 32.2. The number of hydrogen-bond acceptors (Lipinski definition) is 5. The third-order valence-electron chi connectivity index (χ3n) is 4.64. The number of carboxylic acids is 1. The highest BCUT2D eigenvalue weighted by Gasteiger charge is 2.30. The summed E-state index contributed by atoms with van der Waals surface area (Å²) in [5.41, 5.74) is 1.33. The van der Waals surface area contributed by atoms with Gasteiger partial charge >= 0.3 is 5.97 Å². The first-order chi connectivity index (χ1) is 13.3. The number of phenols is 1. The third kappa shape index (κ3) is 2.63. The maximum absolute atomic E-state index is 13.4. The van der Waals surface area contributed by atoms with Crippen LogP contribution in [0.5, 0.6) is 5.75 Å². The third-order valence-corrected chi connectivity index (χ3v) is 5.51. The fourth-order valence-electron chi connectivity index (χ4n) is 3.45. The molecule has 9 heteroatoms. The summed E-state index contributed by atoms with van der Waals surface area (Å²) in [7, 11) is 3.60. The first kappa shape index (κ1) is 18.1. The van der Waals surface area contributed by atoms with Crippen molar-refractivity contribution in [3.05, 3.63) is 47.7 Å². The Balaban J connectivity index is 2.07. The molecule has 0 aliphatic heterocycles. The smallest absolute Gasteiger partial charge is 0.354 e. The summed E-state index contributed by atoms with van der Waals surface area (Å²) in [4.78, 5) is 32.3. The Kier molecular flexibility index (Phi) is 4.11. The highest BCUT2D eigenvalue weighted by Crippen LogP contribution is 2.31. The number of rotatable bonds is 4. The second kappa shape index (κ2) is 6.38. The largest absolute Gasteiger partial charge is 0.508 e. The molecule has 4 rings (SSSR count). The number of carbonyl (C=O) groups is 2. The molecule has 0 spiro atoms. The molecule has 0 saturated carbocycles. The average Bonchev–Trinajstić information content (AvgIpc) is 3.16. The number of imidazole rings is 1. The number of aromatic amines is 1. The summed E-state index contributed by atoms with van der Waals surface area (Å²) in [6.07, 6.45) is 3.65. The van der Waals surface area contributed by atoms with Crippen molar-refractivity contribution in [1.82, 2.24) is 14.5 Å². The fourth-order valence-corrected chi connectivity index (χ4v) is 4.22. The highest BCUT2D eigenvalue weighted by molar-refractivity contribution is 7.98. The van der Waals surface area contributed by atoms with E-state index in [9.17, 15) is 19.8 Å². The summed E-state index contributed by atoms with van der Waals surface area (Å²) < 4.78 is 3.53.